The minimum atomic E-state index is -0.142. The molecule has 1 aromatic heterocycles. The summed E-state index contributed by atoms with van der Waals surface area (Å²) in [5, 5.41) is 7.19. The Morgan fingerprint density at radius 1 is 0.926 bits per heavy atom. The fourth-order valence-corrected chi connectivity index (χ4v) is 2.58. The van der Waals surface area contributed by atoms with Gasteiger partial charge in [-0.05, 0) is 60.7 Å². The molecule has 0 unspecified atom stereocenters. The smallest absolute Gasteiger partial charge is 0.186 e. The summed E-state index contributed by atoms with van der Waals surface area (Å²) in [7, 11) is 4.72. The minimum absolute atomic E-state index is 0.142. The number of carbonyl (C=O) groups is 1. The normalized spacial score (nSPS) is 10.8. The average molecular weight is 364 g/mol. The number of rotatable bonds is 7. The van der Waals surface area contributed by atoms with Crippen molar-refractivity contribution >= 4 is 11.9 Å². The zero-order chi connectivity index (χ0) is 19.2. The lowest BCUT2D eigenvalue weighted by atomic mass is 10.1. The van der Waals surface area contributed by atoms with Crippen LogP contribution in [0, 0.1) is 0 Å². The van der Waals surface area contributed by atoms with E-state index in [2.05, 4.69) is 10.2 Å². The first-order valence-corrected chi connectivity index (χ1v) is 8.29. The van der Waals surface area contributed by atoms with Crippen molar-refractivity contribution < 1.29 is 19.0 Å². The molecule has 6 nitrogen and oxygen atoms in total. The number of aromatic amines is 1. The Kier molecular flexibility index (Phi) is 5.56. The third-order valence-electron chi connectivity index (χ3n) is 4.07. The van der Waals surface area contributed by atoms with Crippen LogP contribution in [-0.4, -0.2) is 37.3 Å². The van der Waals surface area contributed by atoms with Crippen molar-refractivity contribution in [3.8, 4) is 28.5 Å². The number of aromatic nitrogens is 2. The number of hydrogen-bond donors (Lipinski definition) is 1. The molecule has 1 heterocycles. The van der Waals surface area contributed by atoms with Crippen molar-refractivity contribution in [3.05, 3.63) is 65.9 Å². The summed E-state index contributed by atoms with van der Waals surface area (Å²) in [4.78, 5) is 12.4. The van der Waals surface area contributed by atoms with Crippen molar-refractivity contribution in [2.45, 2.75) is 0 Å². The van der Waals surface area contributed by atoms with Crippen LogP contribution in [0.1, 0.15) is 16.1 Å². The molecule has 138 valence electrons. The number of nitrogens with one attached hydrogen (secondary N) is 1. The molecular weight excluding hydrogens is 344 g/mol. The second-order valence-electron chi connectivity index (χ2n) is 5.70. The van der Waals surface area contributed by atoms with Crippen molar-refractivity contribution in [2.24, 2.45) is 0 Å². The van der Waals surface area contributed by atoms with E-state index in [-0.39, 0.29) is 5.78 Å². The molecule has 2 aromatic carbocycles. The molecular formula is C21H20N2O4. The molecule has 0 amide bonds. The summed E-state index contributed by atoms with van der Waals surface area (Å²) in [5.41, 5.74) is 2.99. The van der Waals surface area contributed by atoms with Gasteiger partial charge in [0, 0.05) is 11.1 Å². The Hall–Kier alpha value is -3.54. The van der Waals surface area contributed by atoms with E-state index in [1.54, 1.807) is 38.5 Å². The first kappa shape index (κ1) is 18.3. The summed E-state index contributed by atoms with van der Waals surface area (Å²) < 4.78 is 15.6. The molecule has 0 aliphatic rings. The number of ether oxygens (including phenoxy) is 3. The lowest BCUT2D eigenvalue weighted by Crippen LogP contribution is -1.97. The molecule has 0 aliphatic carbocycles. The fourth-order valence-electron chi connectivity index (χ4n) is 2.58. The Labute approximate surface area is 157 Å². The second kappa shape index (κ2) is 8.23. The van der Waals surface area contributed by atoms with E-state index in [1.165, 1.54) is 13.2 Å². The summed E-state index contributed by atoms with van der Waals surface area (Å²) in [6, 6.07) is 14.5. The van der Waals surface area contributed by atoms with Crippen molar-refractivity contribution in [3.63, 3.8) is 0 Å². The van der Waals surface area contributed by atoms with E-state index in [0.29, 0.717) is 17.1 Å². The number of allylic oxidation sites excluding steroid dienone is 1. The van der Waals surface area contributed by atoms with Gasteiger partial charge >= 0.3 is 0 Å². The van der Waals surface area contributed by atoms with Crippen LogP contribution in [0.2, 0.25) is 0 Å². The topological polar surface area (TPSA) is 73.4 Å². The molecule has 0 fully saturated rings. The van der Waals surface area contributed by atoms with Gasteiger partial charge in [-0.3, -0.25) is 9.89 Å². The highest BCUT2D eigenvalue weighted by molar-refractivity contribution is 6.07. The zero-order valence-corrected chi connectivity index (χ0v) is 15.4. The van der Waals surface area contributed by atoms with Crippen LogP contribution < -0.4 is 14.2 Å². The number of benzene rings is 2. The quantitative estimate of drug-likeness (QED) is 0.507. The Morgan fingerprint density at radius 2 is 1.67 bits per heavy atom. The van der Waals surface area contributed by atoms with Gasteiger partial charge in [0.15, 0.2) is 17.3 Å². The van der Waals surface area contributed by atoms with Crippen molar-refractivity contribution in [2.75, 3.05) is 21.3 Å². The van der Waals surface area contributed by atoms with Gasteiger partial charge in [0.25, 0.3) is 0 Å². The maximum Gasteiger partial charge on any atom is 0.186 e. The van der Waals surface area contributed by atoms with Crippen LogP contribution in [0.3, 0.4) is 0 Å². The van der Waals surface area contributed by atoms with Crippen LogP contribution in [-0.2, 0) is 0 Å². The van der Waals surface area contributed by atoms with E-state index in [9.17, 15) is 4.79 Å². The minimum Gasteiger partial charge on any atom is -0.497 e. The van der Waals surface area contributed by atoms with Crippen LogP contribution in [0.4, 0.5) is 0 Å². The van der Waals surface area contributed by atoms with E-state index in [1.807, 2.05) is 30.3 Å². The molecule has 0 atom stereocenters. The lowest BCUT2D eigenvalue weighted by Gasteiger charge is -2.07. The largest absolute Gasteiger partial charge is 0.497 e. The number of hydrogen-bond acceptors (Lipinski definition) is 5. The number of H-pyrrole nitrogens is 1. The van der Waals surface area contributed by atoms with E-state index >= 15 is 0 Å². The molecule has 0 aliphatic heterocycles. The summed E-state index contributed by atoms with van der Waals surface area (Å²) in [6.07, 6.45) is 3.19. The molecule has 3 rings (SSSR count). The van der Waals surface area contributed by atoms with Gasteiger partial charge in [0.1, 0.15) is 5.75 Å². The Bertz CT molecular complexity index is 959. The Balaban J connectivity index is 1.74. The van der Waals surface area contributed by atoms with Gasteiger partial charge in [-0.1, -0.05) is 0 Å². The van der Waals surface area contributed by atoms with E-state index in [0.717, 1.165) is 22.7 Å². The van der Waals surface area contributed by atoms with Crippen LogP contribution >= 0.6 is 0 Å². The molecule has 6 heteroatoms. The molecule has 0 radical (unpaired) electrons. The first-order chi connectivity index (χ1) is 13.1. The summed E-state index contributed by atoms with van der Waals surface area (Å²) >= 11 is 0. The van der Waals surface area contributed by atoms with Crippen LogP contribution in [0.5, 0.6) is 17.2 Å². The van der Waals surface area contributed by atoms with Gasteiger partial charge in [-0.15, -0.1) is 0 Å². The maximum absolute atomic E-state index is 12.4. The molecule has 0 saturated carbocycles. The van der Waals surface area contributed by atoms with Gasteiger partial charge in [-0.25, -0.2) is 0 Å². The standard InChI is InChI=1S/C21H20N2O4/c1-25-17-8-4-14(5-9-17)18-13-16(22-23-18)7-10-19(24)15-6-11-20(26-2)21(12-15)27-3/h4-13H,1-3H3,(H,22,23)/b10-7+. The van der Waals surface area contributed by atoms with Gasteiger partial charge < -0.3 is 14.2 Å². The van der Waals surface area contributed by atoms with Gasteiger partial charge in [0.05, 0.1) is 32.7 Å². The number of ketones is 1. The Morgan fingerprint density at radius 3 is 2.33 bits per heavy atom. The molecule has 0 bridgehead atoms. The predicted octanol–water partition coefficient (Wildman–Crippen LogP) is 4.00. The highest BCUT2D eigenvalue weighted by atomic mass is 16.5. The number of carbonyl (C=O) groups excluding carboxylic acids is 1. The lowest BCUT2D eigenvalue weighted by molar-refractivity contribution is 0.104. The number of methoxy groups -OCH3 is 3. The monoisotopic (exact) mass is 364 g/mol. The summed E-state index contributed by atoms with van der Waals surface area (Å²) in [6.45, 7) is 0. The average Bonchev–Trinajstić information content (AvgIpc) is 3.20. The zero-order valence-electron chi connectivity index (χ0n) is 15.4. The van der Waals surface area contributed by atoms with Gasteiger partial charge in [-0.2, -0.15) is 5.10 Å². The van der Waals surface area contributed by atoms with Crippen LogP contribution in [0.15, 0.2) is 54.6 Å². The summed E-state index contributed by atoms with van der Waals surface area (Å²) in [5.74, 6) is 1.74. The second-order valence-corrected chi connectivity index (χ2v) is 5.70. The molecule has 1 N–H and O–H groups in total. The number of nitrogens with zero attached hydrogens (tertiary/aromatic N) is 1. The van der Waals surface area contributed by atoms with Gasteiger partial charge in [0.2, 0.25) is 0 Å². The van der Waals surface area contributed by atoms with E-state index < -0.39 is 0 Å². The third-order valence-corrected chi connectivity index (χ3v) is 4.07. The predicted molar refractivity (Wildman–Crippen MR) is 103 cm³/mol. The SMILES string of the molecule is COc1ccc(-c2cc(/C=C/C(=O)c3ccc(OC)c(OC)c3)[nH]n2)cc1. The highest BCUT2D eigenvalue weighted by Gasteiger charge is 2.09. The van der Waals surface area contributed by atoms with E-state index in [4.69, 9.17) is 14.2 Å². The third kappa shape index (κ3) is 4.17. The maximum atomic E-state index is 12.4. The molecule has 0 saturated heterocycles. The first-order valence-electron chi connectivity index (χ1n) is 8.29. The molecule has 3 aromatic rings. The van der Waals surface area contributed by atoms with Crippen LogP contribution in [0.25, 0.3) is 17.3 Å². The highest BCUT2D eigenvalue weighted by Crippen LogP contribution is 2.28. The molecule has 0 spiro atoms. The fraction of sp³-hybridized carbons (Fsp3) is 0.143. The van der Waals surface area contributed by atoms with Crippen molar-refractivity contribution in [1.82, 2.24) is 10.2 Å². The van der Waals surface area contributed by atoms with Crippen molar-refractivity contribution in [1.29, 1.82) is 0 Å². The molecule has 27 heavy (non-hydrogen) atoms.